The van der Waals surface area contributed by atoms with Crippen molar-refractivity contribution in [2.45, 2.75) is 6.10 Å². The number of hydrogen-bond acceptors (Lipinski definition) is 2. The van der Waals surface area contributed by atoms with Gasteiger partial charge in [0.15, 0.2) is 0 Å². The van der Waals surface area contributed by atoms with Crippen LogP contribution < -0.4 is 5.32 Å². The second-order valence-corrected chi connectivity index (χ2v) is 3.23. The van der Waals surface area contributed by atoms with Gasteiger partial charge in [-0.25, -0.2) is 8.78 Å². The second kappa shape index (κ2) is 4.02. The second-order valence-electron chi connectivity index (χ2n) is 3.23. The number of ether oxygens (including phenoxy) is 1. The van der Waals surface area contributed by atoms with Crippen LogP contribution in [0, 0.1) is 11.6 Å². The predicted octanol–water partition coefficient (Wildman–Crippen LogP) is 1.63. The Morgan fingerprint density at radius 3 is 2.93 bits per heavy atom. The predicted molar refractivity (Wildman–Crippen MR) is 47.9 cm³/mol. The average molecular weight is 199 g/mol. The van der Waals surface area contributed by atoms with Gasteiger partial charge < -0.3 is 10.1 Å². The van der Waals surface area contributed by atoms with Crippen molar-refractivity contribution in [2.24, 2.45) is 0 Å². The van der Waals surface area contributed by atoms with Crippen LogP contribution >= 0.6 is 0 Å². The van der Waals surface area contributed by atoms with E-state index in [1.807, 2.05) is 0 Å². The normalized spacial score (nSPS) is 22.3. The van der Waals surface area contributed by atoms with Gasteiger partial charge in [-0.15, -0.1) is 0 Å². The molecule has 0 bridgehead atoms. The summed E-state index contributed by atoms with van der Waals surface area (Å²) in [5.74, 6) is -0.851. The lowest BCUT2D eigenvalue weighted by Gasteiger charge is -2.24. The van der Waals surface area contributed by atoms with Crippen molar-refractivity contribution in [1.29, 1.82) is 0 Å². The Balaban J connectivity index is 2.24. The van der Waals surface area contributed by atoms with Gasteiger partial charge in [-0.2, -0.15) is 0 Å². The van der Waals surface area contributed by atoms with Gasteiger partial charge in [0.2, 0.25) is 0 Å². The van der Waals surface area contributed by atoms with Crippen LogP contribution in [0.4, 0.5) is 8.78 Å². The van der Waals surface area contributed by atoms with Gasteiger partial charge in [0.25, 0.3) is 0 Å². The van der Waals surface area contributed by atoms with E-state index in [9.17, 15) is 8.78 Å². The van der Waals surface area contributed by atoms with Crippen molar-refractivity contribution in [2.75, 3.05) is 19.7 Å². The van der Waals surface area contributed by atoms with Gasteiger partial charge in [0, 0.05) is 18.7 Å². The summed E-state index contributed by atoms with van der Waals surface area (Å²) in [4.78, 5) is 0. The van der Waals surface area contributed by atoms with Crippen LogP contribution in [0.15, 0.2) is 18.2 Å². The highest BCUT2D eigenvalue weighted by atomic mass is 19.1. The van der Waals surface area contributed by atoms with Gasteiger partial charge in [-0.1, -0.05) is 0 Å². The average Bonchev–Trinajstić information content (AvgIpc) is 2.23. The summed E-state index contributed by atoms with van der Waals surface area (Å²) in [7, 11) is 0. The van der Waals surface area contributed by atoms with Gasteiger partial charge in [-0.3, -0.25) is 0 Å². The van der Waals surface area contributed by atoms with E-state index in [4.69, 9.17) is 4.74 Å². The van der Waals surface area contributed by atoms with Crippen LogP contribution in [0.2, 0.25) is 0 Å². The maximum absolute atomic E-state index is 13.3. The van der Waals surface area contributed by atoms with E-state index in [1.165, 1.54) is 6.07 Å². The van der Waals surface area contributed by atoms with Crippen molar-refractivity contribution >= 4 is 0 Å². The number of hydrogen-bond donors (Lipinski definition) is 1. The highest BCUT2D eigenvalue weighted by Gasteiger charge is 2.19. The molecule has 0 radical (unpaired) electrons. The van der Waals surface area contributed by atoms with E-state index in [0.29, 0.717) is 13.2 Å². The van der Waals surface area contributed by atoms with Crippen LogP contribution in [-0.4, -0.2) is 19.7 Å². The zero-order valence-electron chi connectivity index (χ0n) is 7.59. The molecule has 1 N–H and O–H groups in total. The molecule has 0 aliphatic carbocycles. The van der Waals surface area contributed by atoms with E-state index in [-0.39, 0.29) is 11.7 Å². The van der Waals surface area contributed by atoms with Crippen molar-refractivity contribution in [1.82, 2.24) is 5.32 Å². The van der Waals surface area contributed by atoms with Crippen LogP contribution in [0.25, 0.3) is 0 Å². The summed E-state index contributed by atoms with van der Waals surface area (Å²) in [6.07, 6.45) is -0.376. The molecule has 0 amide bonds. The molecule has 4 heteroatoms. The molecule has 2 rings (SSSR count). The number of benzene rings is 1. The quantitative estimate of drug-likeness (QED) is 0.742. The van der Waals surface area contributed by atoms with E-state index < -0.39 is 11.6 Å². The SMILES string of the molecule is Fc1ccc(F)c(C2CNCCO2)c1. The molecule has 1 fully saturated rings. The van der Waals surface area contributed by atoms with E-state index >= 15 is 0 Å². The topological polar surface area (TPSA) is 21.3 Å². The molecule has 1 aliphatic heterocycles. The summed E-state index contributed by atoms with van der Waals surface area (Å²) in [5, 5.41) is 3.07. The zero-order valence-corrected chi connectivity index (χ0v) is 7.59. The van der Waals surface area contributed by atoms with E-state index in [2.05, 4.69) is 5.32 Å². The highest BCUT2D eigenvalue weighted by molar-refractivity contribution is 5.21. The van der Waals surface area contributed by atoms with Crippen molar-refractivity contribution in [3.63, 3.8) is 0 Å². The smallest absolute Gasteiger partial charge is 0.129 e. The lowest BCUT2D eigenvalue weighted by molar-refractivity contribution is 0.0253. The van der Waals surface area contributed by atoms with Crippen LogP contribution in [-0.2, 0) is 4.74 Å². The molecule has 1 heterocycles. The molecule has 1 saturated heterocycles. The minimum atomic E-state index is -0.435. The Morgan fingerprint density at radius 2 is 2.21 bits per heavy atom. The number of rotatable bonds is 1. The third kappa shape index (κ3) is 1.91. The Hall–Kier alpha value is -1.00. The summed E-state index contributed by atoms with van der Waals surface area (Å²) < 4.78 is 31.5. The fraction of sp³-hybridized carbons (Fsp3) is 0.400. The van der Waals surface area contributed by atoms with Crippen molar-refractivity contribution in [3.8, 4) is 0 Å². The van der Waals surface area contributed by atoms with Crippen molar-refractivity contribution < 1.29 is 13.5 Å². The molecule has 0 spiro atoms. The monoisotopic (exact) mass is 199 g/mol. The third-order valence-electron chi connectivity index (χ3n) is 2.23. The molecule has 14 heavy (non-hydrogen) atoms. The number of nitrogens with one attached hydrogen (secondary N) is 1. The van der Waals surface area contributed by atoms with Crippen molar-refractivity contribution in [3.05, 3.63) is 35.4 Å². The molecule has 0 saturated carbocycles. The third-order valence-corrected chi connectivity index (χ3v) is 2.23. The minimum Gasteiger partial charge on any atom is -0.371 e. The summed E-state index contributed by atoms with van der Waals surface area (Å²) in [5.41, 5.74) is 0.289. The number of morpholine rings is 1. The molecule has 1 aromatic rings. The van der Waals surface area contributed by atoms with Crippen LogP contribution in [0.1, 0.15) is 11.7 Å². The first-order valence-corrected chi connectivity index (χ1v) is 4.54. The molecular weight excluding hydrogens is 188 g/mol. The molecule has 1 unspecified atom stereocenters. The molecule has 1 aliphatic rings. The molecule has 1 atom stereocenters. The molecule has 76 valence electrons. The van der Waals surface area contributed by atoms with Gasteiger partial charge in [-0.05, 0) is 18.2 Å². The summed E-state index contributed by atoms with van der Waals surface area (Å²) in [6.45, 7) is 1.81. The largest absolute Gasteiger partial charge is 0.371 e. The summed E-state index contributed by atoms with van der Waals surface area (Å²) in [6, 6.07) is 3.42. The first-order valence-electron chi connectivity index (χ1n) is 4.54. The number of halogens is 2. The van der Waals surface area contributed by atoms with E-state index in [1.54, 1.807) is 0 Å². The fourth-order valence-corrected chi connectivity index (χ4v) is 1.53. The van der Waals surface area contributed by atoms with Gasteiger partial charge in [0.1, 0.15) is 11.6 Å². The molecular formula is C10H11F2NO. The first-order chi connectivity index (χ1) is 6.77. The maximum Gasteiger partial charge on any atom is 0.129 e. The van der Waals surface area contributed by atoms with Gasteiger partial charge in [0.05, 0.1) is 12.7 Å². The zero-order chi connectivity index (χ0) is 9.97. The standard InChI is InChI=1S/C10H11F2NO/c11-7-1-2-9(12)8(5-7)10-6-13-3-4-14-10/h1-2,5,10,13H,3-4,6H2. The molecule has 2 nitrogen and oxygen atoms in total. The lowest BCUT2D eigenvalue weighted by Crippen LogP contribution is -2.33. The lowest BCUT2D eigenvalue weighted by atomic mass is 10.1. The molecule has 0 aromatic heterocycles. The van der Waals surface area contributed by atoms with Crippen LogP contribution in [0.5, 0.6) is 0 Å². The summed E-state index contributed by atoms with van der Waals surface area (Å²) >= 11 is 0. The van der Waals surface area contributed by atoms with E-state index in [0.717, 1.165) is 18.7 Å². The first kappa shape index (κ1) is 9.55. The Bertz CT molecular complexity index is 324. The minimum absolute atomic E-state index is 0.289. The Morgan fingerprint density at radius 1 is 1.36 bits per heavy atom. The molecule has 1 aromatic carbocycles. The highest BCUT2D eigenvalue weighted by Crippen LogP contribution is 2.22. The Kier molecular flexibility index (Phi) is 2.74. The van der Waals surface area contributed by atoms with Gasteiger partial charge >= 0.3 is 0 Å². The maximum atomic E-state index is 13.3. The fourth-order valence-electron chi connectivity index (χ4n) is 1.53. The van der Waals surface area contributed by atoms with Crippen LogP contribution in [0.3, 0.4) is 0 Å². The Labute approximate surface area is 80.9 Å².